The zero-order valence-corrected chi connectivity index (χ0v) is 15.2. The number of hydrogen-bond acceptors (Lipinski definition) is 1. The molecule has 2 aromatic rings. The predicted octanol–water partition coefficient (Wildman–Crippen LogP) is 6.22. The zero-order chi connectivity index (χ0) is 17.0. The van der Waals surface area contributed by atoms with Gasteiger partial charge in [-0.2, -0.15) is 0 Å². The molecule has 0 saturated heterocycles. The van der Waals surface area contributed by atoms with E-state index in [1.807, 2.05) is 13.8 Å². The summed E-state index contributed by atoms with van der Waals surface area (Å²) in [7, 11) is 0. The van der Waals surface area contributed by atoms with Crippen molar-refractivity contribution in [2.24, 2.45) is 5.92 Å². The van der Waals surface area contributed by atoms with Crippen LogP contribution in [-0.2, 0) is 12.8 Å². The van der Waals surface area contributed by atoms with Crippen LogP contribution in [0.4, 0.5) is 0 Å². The van der Waals surface area contributed by atoms with Gasteiger partial charge in [-0.25, -0.2) is 0 Å². The van der Waals surface area contributed by atoms with Gasteiger partial charge in [0.05, 0.1) is 0 Å². The number of rotatable bonds is 6. The van der Waals surface area contributed by atoms with Gasteiger partial charge in [-0.1, -0.05) is 45.4 Å². The van der Waals surface area contributed by atoms with Crippen LogP contribution < -0.4 is 0 Å². The molecule has 1 nitrogen and oxygen atoms in total. The van der Waals surface area contributed by atoms with Gasteiger partial charge in [0.1, 0.15) is 5.75 Å². The lowest BCUT2D eigenvalue weighted by Gasteiger charge is -2.15. The Morgan fingerprint density at radius 3 is 2.17 bits per heavy atom. The summed E-state index contributed by atoms with van der Waals surface area (Å²) in [5, 5.41) is 10.1. The van der Waals surface area contributed by atoms with E-state index in [4.69, 9.17) is 0 Å². The molecule has 0 fully saturated rings. The summed E-state index contributed by atoms with van der Waals surface area (Å²) in [6.45, 7) is 10.7. The monoisotopic (exact) mass is 310 g/mol. The highest BCUT2D eigenvalue weighted by molar-refractivity contribution is 5.71. The van der Waals surface area contributed by atoms with E-state index in [0.717, 1.165) is 36.3 Å². The van der Waals surface area contributed by atoms with Crippen molar-refractivity contribution in [3.63, 3.8) is 0 Å². The number of benzene rings is 2. The lowest BCUT2D eigenvalue weighted by molar-refractivity contribution is 0.467. The Balaban J connectivity index is 2.46. The highest BCUT2D eigenvalue weighted by Crippen LogP contribution is 2.32. The highest BCUT2D eigenvalue weighted by atomic mass is 16.3. The number of aromatic hydroxyl groups is 1. The van der Waals surface area contributed by atoms with E-state index >= 15 is 0 Å². The van der Waals surface area contributed by atoms with Gasteiger partial charge in [-0.15, -0.1) is 0 Å². The minimum atomic E-state index is 0.418. The second-order valence-corrected chi connectivity index (χ2v) is 7.13. The molecule has 124 valence electrons. The lowest BCUT2D eigenvalue weighted by Crippen LogP contribution is -1.96. The Kier molecular flexibility index (Phi) is 5.87. The maximum atomic E-state index is 10.1. The van der Waals surface area contributed by atoms with Crippen molar-refractivity contribution in [2.75, 3.05) is 0 Å². The normalized spacial score (nSPS) is 11.2. The fourth-order valence-corrected chi connectivity index (χ4v) is 3.10. The van der Waals surface area contributed by atoms with E-state index in [-0.39, 0.29) is 0 Å². The van der Waals surface area contributed by atoms with Gasteiger partial charge in [0.15, 0.2) is 0 Å². The molecule has 0 aliphatic heterocycles. The van der Waals surface area contributed by atoms with Gasteiger partial charge >= 0.3 is 0 Å². The summed E-state index contributed by atoms with van der Waals surface area (Å²) >= 11 is 0. The molecule has 0 atom stereocenters. The van der Waals surface area contributed by atoms with E-state index in [0.29, 0.717) is 5.75 Å². The molecule has 0 amide bonds. The van der Waals surface area contributed by atoms with Crippen molar-refractivity contribution in [3.05, 3.63) is 52.6 Å². The van der Waals surface area contributed by atoms with Crippen molar-refractivity contribution >= 4 is 0 Å². The Labute approximate surface area is 141 Å². The minimum Gasteiger partial charge on any atom is -0.507 e. The molecule has 0 bridgehead atoms. The number of aryl methyl sites for hydroxylation is 4. The maximum Gasteiger partial charge on any atom is 0.121 e. The van der Waals surface area contributed by atoms with Gasteiger partial charge in [0.2, 0.25) is 0 Å². The molecule has 1 N–H and O–H groups in total. The third-order valence-corrected chi connectivity index (χ3v) is 4.51. The molecule has 0 heterocycles. The number of hydrogen-bond donors (Lipinski definition) is 1. The average Bonchev–Trinajstić information content (AvgIpc) is 2.51. The molecule has 1 heteroatoms. The molecule has 2 aromatic carbocycles. The third kappa shape index (κ3) is 4.37. The van der Waals surface area contributed by atoms with Crippen LogP contribution in [0.25, 0.3) is 11.1 Å². The highest BCUT2D eigenvalue weighted by Gasteiger charge is 2.10. The van der Waals surface area contributed by atoms with Crippen LogP contribution in [0.15, 0.2) is 30.3 Å². The quantitative estimate of drug-likeness (QED) is 0.671. The smallest absolute Gasteiger partial charge is 0.121 e. The Hall–Kier alpha value is -1.76. The van der Waals surface area contributed by atoms with Crippen molar-refractivity contribution in [1.82, 2.24) is 0 Å². The number of phenolic OH excluding ortho intramolecular Hbond substituents is 1. The molecular formula is C22H30O. The molecule has 0 spiro atoms. The third-order valence-electron chi connectivity index (χ3n) is 4.51. The van der Waals surface area contributed by atoms with E-state index in [1.54, 1.807) is 0 Å². The van der Waals surface area contributed by atoms with Crippen LogP contribution in [0.5, 0.6) is 5.75 Å². The van der Waals surface area contributed by atoms with E-state index in [9.17, 15) is 5.11 Å². The largest absolute Gasteiger partial charge is 0.507 e. The Bertz CT molecular complexity index is 645. The summed E-state index contributed by atoms with van der Waals surface area (Å²) in [6.07, 6.45) is 4.60. The SMILES string of the molecule is CCCc1ccc(CCC(C)C)cc1-c1cc(C)c(O)c(C)c1. The van der Waals surface area contributed by atoms with Gasteiger partial charge < -0.3 is 5.11 Å². The molecule has 0 aromatic heterocycles. The molecule has 2 rings (SSSR count). The second kappa shape index (κ2) is 7.68. The fraction of sp³-hybridized carbons (Fsp3) is 0.455. The summed E-state index contributed by atoms with van der Waals surface area (Å²) in [5.74, 6) is 1.15. The summed E-state index contributed by atoms with van der Waals surface area (Å²) in [5.41, 5.74) is 7.29. The van der Waals surface area contributed by atoms with Crippen LogP contribution in [0.1, 0.15) is 55.9 Å². The van der Waals surface area contributed by atoms with Crippen molar-refractivity contribution in [2.45, 2.75) is 60.3 Å². The molecule has 0 aliphatic rings. The van der Waals surface area contributed by atoms with E-state index in [2.05, 4.69) is 51.1 Å². The topological polar surface area (TPSA) is 20.2 Å². The first-order chi connectivity index (χ1) is 10.9. The maximum absolute atomic E-state index is 10.1. The first-order valence-corrected chi connectivity index (χ1v) is 8.84. The first kappa shape index (κ1) is 17.6. The average molecular weight is 310 g/mol. The minimum absolute atomic E-state index is 0.418. The molecule has 0 saturated carbocycles. The molecule has 0 aliphatic carbocycles. The predicted molar refractivity (Wildman–Crippen MR) is 100 cm³/mol. The van der Waals surface area contributed by atoms with Gasteiger partial charge in [0.25, 0.3) is 0 Å². The Morgan fingerprint density at radius 1 is 0.957 bits per heavy atom. The first-order valence-electron chi connectivity index (χ1n) is 8.84. The van der Waals surface area contributed by atoms with Gasteiger partial charge in [-0.3, -0.25) is 0 Å². The van der Waals surface area contributed by atoms with Crippen LogP contribution in [0.2, 0.25) is 0 Å². The van der Waals surface area contributed by atoms with Crippen LogP contribution in [0.3, 0.4) is 0 Å². The number of phenols is 1. The Morgan fingerprint density at radius 2 is 1.61 bits per heavy atom. The molecule has 0 radical (unpaired) electrons. The molecule has 23 heavy (non-hydrogen) atoms. The van der Waals surface area contributed by atoms with E-state index < -0.39 is 0 Å². The van der Waals surface area contributed by atoms with Crippen LogP contribution in [0, 0.1) is 19.8 Å². The van der Waals surface area contributed by atoms with Crippen molar-refractivity contribution in [1.29, 1.82) is 0 Å². The summed E-state index contributed by atoms with van der Waals surface area (Å²) in [4.78, 5) is 0. The van der Waals surface area contributed by atoms with Crippen molar-refractivity contribution in [3.8, 4) is 16.9 Å². The van der Waals surface area contributed by atoms with Gasteiger partial charge in [0, 0.05) is 0 Å². The standard InChI is InChI=1S/C22H30O/c1-6-7-19-11-10-18(9-8-15(2)3)14-21(19)20-12-16(4)22(23)17(5)13-20/h10-15,23H,6-9H2,1-5H3. The molecular weight excluding hydrogens is 280 g/mol. The molecule has 0 unspecified atom stereocenters. The van der Waals surface area contributed by atoms with Crippen LogP contribution in [-0.4, -0.2) is 5.11 Å². The summed E-state index contributed by atoms with van der Waals surface area (Å²) < 4.78 is 0. The van der Waals surface area contributed by atoms with Crippen LogP contribution >= 0.6 is 0 Å². The fourth-order valence-electron chi connectivity index (χ4n) is 3.10. The van der Waals surface area contributed by atoms with E-state index in [1.165, 1.54) is 28.7 Å². The second-order valence-electron chi connectivity index (χ2n) is 7.13. The zero-order valence-electron chi connectivity index (χ0n) is 15.2. The lowest BCUT2D eigenvalue weighted by atomic mass is 9.91. The summed E-state index contributed by atoms with van der Waals surface area (Å²) in [6, 6.07) is 11.2. The van der Waals surface area contributed by atoms with Crippen molar-refractivity contribution < 1.29 is 5.11 Å². The van der Waals surface area contributed by atoms with Gasteiger partial charge in [-0.05, 0) is 84.5 Å².